The van der Waals surface area contributed by atoms with Crippen LogP contribution in [0.3, 0.4) is 0 Å². The predicted octanol–water partition coefficient (Wildman–Crippen LogP) is 19.9. The Bertz CT molecular complexity index is 4790. The second kappa shape index (κ2) is 24.5. The molecule has 0 aliphatic heterocycles. The Morgan fingerprint density at radius 1 is 0.326 bits per heavy atom. The molecule has 0 saturated carbocycles. The van der Waals surface area contributed by atoms with Gasteiger partial charge in [0.2, 0.25) is 0 Å². The molecule has 0 spiro atoms. The maximum Gasteiger partial charge on any atom is 3.00 e. The number of halogens is 6. The Morgan fingerprint density at radius 2 is 0.953 bits per heavy atom. The average Bonchev–Trinajstić information content (AvgIpc) is 2.05. The third-order valence-corrected chi connectivity index (χ3v) is 14.8. The Kier molecular flexibility index (Phi) is 16.0. The molecule has 0 N–H and O–H groups in total. The number of rotatable bonds is 10. The Labute approximate surface area is 505 Å². The molecule has 0 aliphatic rings. The molecule has 0 radical (unpaired) electrons. The number of hydrogen-bond acceptors (Lipinski definition) is 3. The normalized spacial score (nSPS) is 11.0. The number of benzene rings is 10. The van der Waals surface area contributed by atoms with Crippen molar-refractivity contribution in [1.29, 1.82) is 0 Å². The molecule has 0 atom stereocenters. The third kappa shape index (κ3) is 11.4. The maximum atomic E-state index is 15.6. The number of aromatic nitrogens is 4. The van der Waals surface area contributed by atoms with Crippen LogP contribution in [0.1, 0.15) is 0 Å². The minimum Gasteiger partial charge on any atom is -0.309 e. The summed E-state index contributed by atoms with van der Waals surface area (Å²) >= 11 is 0. The number of hydrogen-bond donors (Lipinski definition) is 0. The van der Waals surface area contributed by atoms with Crippen LogP contribution in [0.2, 0.25) is 0 Å². The van der Waals surface area contributed by atoms with Crippen LogP contribution < -0.4 is 0 Å². The zero-order chi connectivity index (χ0) is 58.0. The fourth-order valence-corrected chi connectivity index (χ4v) is 10.8. The number of nitrogens with zero attached hydrogens (tertiary/aromatic N) is 4. The average molecular weight is 1310 g/mol. The SMILES string of the molecule is Fc1c[c-]c(-c2ccccn2)c(F)c1.Fc1cccc(-c2cc(-c3cc(F)ccc3-c3ccc(-c4[c-]cc(F)cc4F)nc3)cc(-c3ccccc3-c3cnc(-c4[c-]cccc4)cc3-c3ccc4c(c3)c3ccccc3n4-c3ccccc3)c2)c1.[Ir+3]. The minimum absolute atomic E-state index is 0. The molecule has 4 heterocycles. The monoisotopic (exact) mass is 1310 g/mol. The summed E-state index contributed by atoms with van der Waals surface area (Å²) < 4.78 is 87.2. The van der Waals surface area contributed by atoms with Gasteiger partial charge in [0.1, 0.15) is 11.6 Å². The Hall–Kier alpha value is -10.3. The van der Waals surface area contributed by atoms with Crippen LogP contribution in [-0.2, 0) is 20.1 Å². The number of para-hydroxylation sites is 2. The summed E-state index contributed by atoms with van der Waals surface area (Å²) in [4.78, 5) is 13.5. The van der Waals surface area contributed by atoms with Gasteiger partial charge in [0, 0.05) is 63.9 Å². The van der Waals surface area contributed by atoms with Gasteiger partial charge in [-0.25, -0.2) is 8.78 Å². The van der Waals surface area contributed by atoms with Gasteiger partial charge in [0.05, 0.1) is 11.0 Å². The van der Waals surface area contributed by atoms with Crippen molar-refractivity contribution in [2.45, 2.75) is 0 Å². The van der Waals surface area contributed by atoms with E-state index < -0.39 is 34.9 Å². The summed E-state index contributed by atoms with van der Waals surface area (Å²) in [6.45, 7) is 0. The van der Waals surface area contributed by atoms with E-state index in [0.29, 0.717) is 39.1 Å². The zero-order valence-corrected chi connectivity index (χ0v) is 47.6. The summed E-state index contributed by atoms with van der Waals surface area (Å²) in [5, 5.41) is 2.24. The van der Waals surface area contributed by atoms with Crippen molar-refractivity contribution in [3.05, 3.63) is 314 Å². The first-order valence-electron chi connectivity index (χ1n) is 27.1. The molecule has 0 amide bonds. The van der Waals surface area contributed by atoms with Gasteiger partial charge in [-0.3, -0.25) is 17.6 Å². The summed E-state index contributed by atoms with van der Waals surface area (Å²) in [5.74, 6) is -3.65. The van der Waals surface area contributed by atoms with E-state index in [9.17, 15) is 17.6 Å². The van der Waals surface area contributed by atoms with Gasteiger partial charge in [-0.2, -0.15) is 0 Å². The third-order valence-electron chi connectivity index (χ3n) is 14.8. The second-order valence-corrected chi connectivity index (χ2v) is 20.1. The van der Waals surface area contributed by atoms with Crippen LogP contribution in [0.4, 0.5) is 26.3 Å². The molecule has 86 heavy (non-hydrogen) atoms. The zero-order valence-electron chi connectivity index (χ0n) is 45.2. The smallest absolute Gasteiger partial charge is 0.309 e. The van der Waals surface area contributed by atoms with Crippen molar-refractivity contribution in [3.8, 4) is 106 Å². The molecule has 0 aliphatic carbocycles. The quantitative estimate of drug-likeness (QED) is 0.101. The molecule has 0 fully saturated rings. The van der Waals surface area contributed by atoms with E-state index in [-0.39, 0.29) is 36.9 Å². The van der Waals surface area contributed by atoms with Gasteiger partial charge in [-0.15, -0.1) is 60.2 Å². The Morgan fingerprint density at radius 3 is 1.66 bits per heavy atom. The molecule has 0 saturated heterocycles. The molecule has 4 nitrogen and oxygen atoms in total. The van der Waals surface area contributed by atoms with E-state index in [2.05, 4.69) is 118 Å². The van der Waals surface area contributed by atoms with Crippen LogP contribution in [0.25, 0.3) is 128 Å². The van der Waals surface area contributed by atoms with Crippen LogP contribution >= 0.6 is 0 Å². The first-order valence-corrected chi connectivity index (χ1v) is 27.1. The van der Waals surface area contributed by atoms with Crippen molar-refractivity contribution in [3.63, 3.8) is 0 Å². The maximum absolute atomic E-state index is 15.6. The first-order chi connectivity index (χ1) is 41.6. The number of pyridine rings is 3. The van der Waals surface area contributed by atoms with Gasteiger partial charge in [0.15, 0.2) is 0 Å². The van der Waals surface area contributed by atoms with Gasteiger partial charge >= 0.3 is 20.1 Å². The fraction of sp³-hybridized carbons (Fsp3) is 0. The molecule has 0 bridgehead atoms. The van der Waals surface area contributed by atoms with E-state index in [1.54, 1.807) is 54.9 Å². The fourth-order valence-electron chi connectivity index (χ4n) is 10.8. The van der Waals surface area contributed by atoms with Gasteiger partial charge in [-0.1, -0.05) is 139 Å². The van der Waals surface area contributed by atoms with Gasteiger partial charge in [-0.05, 0) is 157 Å². The van der Waals surface area contributed by atoms with Crippen molar-refractivity contribution >= 4 is 21.8 Å². The molecular weight excluding hydrogens is 1260 g/mol. The van der Waals surface area contributed by atoms with Crippen molar-refractivity contribution in [1.82, 2.24) is 19.5 Å². The van der Waals surface area contributed by atoms with E-state index in [1.165, 1.54) is 24.3 Å². The standard InChI is InChI=1S/C64H37F4N3.C11H6F2N.Ir/c65-47-15-11-14-41(33-47)44-30-45(32-46(31-44)56-35-48(66)24-26-52(56)43-22-28-61(69-38-43)55-27-25-49(67)36-60(55)68)51-18-7-8-19-53(51)59-39-70-62(40-12-3-1-4-13-40)37-57(59)42-23-29-64-58(34-42)54-20-9-10-21-63(54)71(64)50-16-5-2-6-17-50;12-8-4-5-9(10(13)7-8)11-3-1-2-6-14-11;/h1-12,14-26,28-39H;1-4,6-7H;/q-2;-1;+3. The summed E-state index contributed by atoms with van der Waals surface area (Å²) in [5.41, 5.74) is 15.1. The van der Waals surface area contributed by atoms with E-state index in [4.69, 9.17) is 4.98 Å². The molecule has 14 rings (SSSR count). The van der Waals surface area contributed by atoms with E-state index in [1.807, 2.05) is 72.9 Å². The summed E-state index contributed by atoms with van der Waals surface area (Å²) in [6.07, 6.45) is 5.06. The predicted molar refractivity (Wildman–Crippen MR) is 326 cm³/mol. The number of fused-ring (bicyclic) bond motifs is 3. The van der Waals surface area contributed by atoms with Crippen molar-refractivity contribution < 1.29 is 46.4 Å². The van der Waals surface area contributed by atoms with E-state index >= 15 is 8.78 Å². The van der Waals surface area contributed by atoms with Crippen molar-refractivity contribution in [2.75, 3.05) is 0 Å². The second-order valence-electron chi connectivity index (χ2n) is 20.1. The van der Waals surface area contributed by atoms with Gasteiger partial charge in [0.25, 0.3) is 0 Å². The molecule has 0 unspecified atom stereocenters. The van der Waals surface area contributed by atoms with E-state index in [0.717, 1.165) is 96.4 Å². The topological polar surface area (TPSA) is 43.6 Å². The first kappa shape index (κ1) is 56.2. The molecule has 414 valence electrons. The largest absolute Gasteiger partial charge is 3.00 e. The van der Waals surface area contributed by atoms with Gasteiger partial charge < -0.3 is 19.5 Å². The summed E-state index contributed by atoms with van der Waals surface area (Å²) in [6, 6.07) is 81.3. The van der Waals surface area contributed by atoms with Crippen LogP contribution in [0.5, 0.6) is 0 Å². The van der Waals surface area contributed by atoms with Crippen LogP contribution in [-0.4, -0.2) is 19.5 Å². The molecule has 14 aromatic rings. The minimum atomic E-state index is -0.781. The summed E-state index contributed by atoms with van der Waals surface area (Å²) in [7, 11) is 0. The van der Waals surface area contributed by atoms with Crippen LogP contribution in [0, 0.1) is 53.1 Å². The van der Waals surface area contributed by atoms with Crippen molar-refractivity contribution in [2.24, 2.45) is 0 Å². The molecule has 10 aromatic carbocycles. The Balaban J connectivity index is 0.000000423. The molecule has 11 heteroatoms. The molecule has 4 aromatic heterocycles. The van der Waals surface area contributed by atoms with Crippen LogP contribution in [0.15, 0.2) is 261 Å². The molecular formula is C75H43F6IrN4.